The van der Waals surface area contributed by atoms with Crippen molar-refractivity contribution in [1.82, 2.24) is 4.98 Å². The summed E-state index contributed by atoms with van der Waals surface area (Å²) in [6, 6.07) is 10.8. The summed E-state index contributed by atoms with van der Waals surface area (Å²) >= 11 is 3.32. The third-order valence-electron chi connectivity index (χ3n) is 3.39. The molecule has 0 saturated carbocycles. The number of fused-ring (bicyclic) bond motifs is 1. The minimum atomic E-state index is -0.101. The Morgan fingerprint density at radius 3 is 2.83 bits per heavy atom. The summed E-state index contributed by atoms with van der Waals surface area (Å²) in [6.07, 6.45) is 0.684. The molecule has 1 aromatic heterocycles. The predicted molar refractivity (Wildman–Crippen MR) is 90.8 cm³/mol. The van der Waals surface area contributed by atoms with Gasteiger partial charge in [0, 0.05) is 12.2 Å². The Morgan fingerprint density at radius 1 is 1.26 bits per heavy atom. The predicted octanol–water partition coefficient (Wildman–Crippen LogP) is 2.62. The molecule has 0 bridgehead atoms. The molecule has 0 unspecified atom stereocenters. The number of rotatable bonds is 5. The zero-order valence-electron chi connectivity index (χ0n) is 12.4. The van der Waals surface area contributed by atoms with Crippen LogP contribution in [-0.2, 0) is 4.79 Å². The molecule has 0 atom stereocenters. The van der Waals surface area contributed by atoms with E-state index in [-0.39, 0.29) is 12.5 Å². The topological polar surface area (TPSA) is 77.7 Å². The van der Waals surface area contributed by atoms with Crippen LogP contribution in [0.15, 0.2) is 41.0 Å². The normalized spacial score (nSPS) is 13.4. The van der Waals surface area contributed by atoms with Crippen LogP contribution in [0.2, 0.25) is 0 Å². The average molecular weight is 378 g/mol. The second kappa shape index (κ2) is 6.87. The quantitative estimate of drug-likeness (QED) is 0.492. The van der Waals surface area contributed by atoms with Crippen LogP contribution in [0.1, 0.15) is 6.42 Å². The number of halogens is 1. The number of aromatic nitrogens is 1. The smallest absolute Gasteiger partial charge is 0.266 e. The maximum Gasteiger partial charge on any atom is 0.266 e. The highest BCUT2D eigenvalue weighted by molar-refractivity contribution is 9.10. The van der Waals surface area contributed by atoms with Crippen LogP contribution in [-0.4, -0.2) is 30.6 Å². The van der Waals surface area contributed by atoms with E-state index < -0.39 is 0 Å². The van der Waals surface area contributed by atoms with E-state index >= 15 is 0 Å². The molecular weight excluding hydrogens is 362 g/mol. The summed E-state index contributed by atoms with van der Waals surface area (Å²) in [5.41, 5.74) is 6.33. The van der Waals surface area contributed by atoms with Crippen LogP contribution in [0, 0.1) is 0 Å². The third-order valence-corrected chi connectivity index (χ3v) is 3.83. The van der Waals surface area contributed by atoms with E-state index in [0.717, 1.165) is 5.75 Å². The second-order valence-corrected chi connectivity index (χ2v) is 5.87. The molecule has 6 nitrogen and oxygen atoms in total. The van der Waals surface area contributed by atoms with Crippen LogP contribution < -0.4 is 20.1 Å². The standard InChI is InChI=1S/C16H16BrN3O3/c17-14-7-6-13-16(19-14)20(15(21)10-23-13)8-1-9-22-12-4-2-11(18)3-5-12/h2-7H,1,8-10,18H2. The van der Waals surface area contributed by atoms with Crippen LogP contribution in [0.4, 0.5) is 11.5 Å². The van der Waals surface area contributed by atoms with Crippen LogP contribution in [0.3, 0.4) is 0 Å². The number of nitrogens with zero attached hydrogens (tertiary/aromatic N) is 2. The molecule has 1 aliphatic heterocycles. The summed E-state index contributed by atoms with van der Waals surface area (Å²) in [5, 5.41) is 0. The average Bonchev–Trinajstić information content (AvgIpc) is 2.55. The van der Waals surface area contributed by atoms with Gasteiger partial charge < -0.3 is 15.2 Å². The van der Waals surface area contributed by atoms with Crippen molar-refractivity contribution in [2.45, 2.75) is 6.42 Å². The second-order valence-electron chi connectivity index (χ2n) is 5.06. The van der Waals surface area contributed by atoms with Gasteiger partial charge in [-0.15, -0.1) is 0 Å². The lowest BCUT2D eigenvalue weighted by Gasteiger charge is -2.28. The molecule has 3 rings (SSSR count). The third kappa shape index (κ3) is 3.73. The van der Waals surface area contributed by atoms with Gasteiger partial charge >= 0.3 is 0 Å². The maximum atomic E-state index is 12.1. The summed E-state index contributed by atoms with van der Waals surface area (Å²) in [5.74, 6) is 1.82. The van der Waals surface area contributed by atoms with E-state index in [2.05, 4.69) is 20.9 Å². The van der Waals surface area contributed by atoms with Crippen LogP contribution >= 0.6 is 15.9 Å². The number of nitrogens with two attached hydrogens (primary N) is 1. The fraction of sp³-hybridized carbons (Fsp3) is 0.250. The van der Waals surface area contributed by atoms with Gasteiger partial charge in [-0.2, -0.15) is 0 Å². The molecule has 23 heavy (non-hydrogen) atoms. The number of pyridine rings is 1. The zero-order chi connectivity index (χ0) is 16.2. The van der Waals surface area contributed by atoms with E-state index in [0.29, 0.717) is 41.4 Å². The number of benzene rings is 1. The molecule has 2 N–H and O–H groups in total. The van der Waals surface area contributed by atoms with Gasteiger partial charge in [0.1, 0.15) is 10.4 Å². The van der Waals surface area contributed by atoms with Crippen molar-refractivity contribution < 1.29 is 14.3 Å². The first-order valence-electron chi connectivity index (χ1n) is 7.21. The van der Waals surface area contributed by atoms with Gasteiger partial charge in [-0.25, -0.2) is 4.98 Å². The van der Waals surface area contributed by atoms with Gasteiger partial charge in [-0.3, -0.25) is 9.69 Å². The molecule has 0 aliphatic carbocycles. The summed E-state index contributed by atoms with van der Waals surface area (Å²) in [6.45, 7) is 1.06. The molecule has 120 valence electrons. The van der Waals surface area contributed by atoms with Gasteiger partial charge in [0.2, 0.25) is 0 Å². The van der Waals surface area contributed by atoms with E-state index in [4.69, 9.17) is 15.2 Å². The van der Waals surface area contributed by atoms with Gasteiger partial charge in [0.05, 0.1) is 6.61 Å². The number of amides is 1. The monoisotopic (exact) mass is 377 g/mol. The lowest BCUT2D eigenvalue weighted by atomic mass is 10.3. The Bertz CT molecular complexity index is 706. The van der Waals surface area contributed by atoms with Crippen molar-refractivity contribution in [2.24, 2.45) is 0 Å². The fourth-order valence-corrected chi connectivity index (χ4v) is 2.56. The largest absolute Gasteiger partial charge is 0.494 e. The number of ether oxygens (including phenoxy) is 2. The van der Waals surface area contributed by atoms with Gasteiger partial charge in [0.15, 0.2) is 18.2 Å². The van der Waals surface area contributed by atoms with E-state index in [1.54, 1.807) is 29.2 Å². The summed E-state index contributed by atoms with van der Waals surface area (Å²) < 4.78 is 11.7. The van der Waals surface area contributed by atoms with Crippen molar-refractivity contribution in [2.75, 3.05) is 30.4 Å². The molecule has 1 aromatic carbocycles. The van der Waals surface area contributed by atoms with Crippen molar-refractivity contribution in [1.29, 1.82) is 0 Å². The highest BCUT2D eigenvalue weighted by Crippen LogP contribution is 2.31. The maximum absolute atomic E-state index is 12.1. The number of carbonyl (C=O) groups is 1. The van der Waals surface area contributed by atoms with Gasteiger partial charge in [-0.05, 0) is 58.7 Å². The molecule has 2 aromatic rings. The number of anilines is 2. The molecule has 1 amide bonds. The first-order chi connectivity index (χ1) is 11.1. The molecule has 2 heterocycles. The highest BCUT2D eigenvalue weighted by atomic mass is 79.9. The van der Waals surface area contributed by atoms with Gasteiger partial charge in [0.25, 0.3) is 5.91 Å². The Kier molecular flexibility index (Phi) is 4.66. The molecule has 0 spiro atoms. The Hall–Kier alpha value is -2.28. The van der Waals surface area contributed by atoms with E-state index in [1.807, 2.05) is 12.1 Å². The first-order valence-corrected chi connectivity index (χ1v) is 8.01. The van der Waals surface area contributed by atoms with Crippen molar-refractivity contribution in [3.63, 3.8) is 0 Å². The highest BCUT2D eigenvalue weighted by Gasteiger charge is 2.26. The fourth-order valence-electron chi connectivity index (χ4n) is 2.26. The Morgan fingerprint density at radius 2 is 2.04 bits per heavy atom. The Balaban J connectivity index is 1.58. The van der Waals surface area contributed by atoms with Gasteiger partial charge in [-0.1, -0.05) is 0 Å². The summed E-state index contributed by atoms with van der Waals surface area (Å²) in [4.78, 5) is 18.0. The molecule has 1 aliphatic rings. The lowest BCUT2D eigenvalue weighted by molar-refractivity contribution is -0.121. The molecule has 0 radical (unpaired) electrons. The Labute approximate surface area is 142 Å². The first kappa shape index (κ1) is 15.6. The van der Waals surface area contributed by atoms with Crippen LogP contribution in [0.5, 0.6) is 11.5 Å². The van der Waals surface area contributed by atoms with Crippen molar-refractivity contribution in [3.05, 3.63) is 41.0 Å². The molecular formula is C16H16BrN3O3. The number of hydrogen-bond donors (Lipinski definition) is 1. The van der Waals surface area contributed by atoms with Crippen molar-refractivity contribution >= 4 is 33.3 Å². The van der Waals surface area contributed by atoms with Crippen LogP contribution in [0.25, 0.3) is 0 Å². The lowest BCUT2D eigenvalue weighted by Crippen LogP contribution is -2.40. The molecule has 7 heteroatoms. The van der Waals surface area contributed by atoms with E-state index in [1.165, 1.54) is 0 Å². The number of hydrogen-bond acceptors (Lipinski definition) is 5. The SMILES string of the molecule is Nc1ccc(OCCCN2C(=O)COc3ccc(Br)nc32)cc1. The zero-order valence-corrected chi connectivity index (χ0v) is 14.0. The van der Waals surface area contributed by atoms with Crippen molar-refractivity contribution in [3.8, 4) is 11.5 Å². The summed E-state index contributed by atoms with van der Waals surface area (Å²) in [7, 11) is 0. The molecule has 0 fully saturated rings. The number of carbonyl (C=O) groups excluding carboxylic acids is 1. The van der Waals surface area contributed by atoms with E-state index in [9.17, 15) is 4.79 Å². The molecule has 0 saturated heterocycles. The minimum Gasteiger partial charge on any atom is -0.494 e. The minimum absolute atomic E-state index is 0.0368. The number of nitrogen functional groups attached to an aromatic ring is 1.